The Morgan fingerprint density at radius 3 is 3.00 bits per heavy atom. The van der Waals surface area contributed by atoms with Crippen molar-refractivity contribution in [2.75, 3.05) is 13.1 Å². The summed E-state index contributed by atoms with van der Waals surface area (Å²) in [5.74, 6) is -0.472. The minimum absolute atomic E-state index is 0.0991. The summed E-state index contributed by atoms with van der Waals surface area (Å²) in [6.45, 7) is 3.01. The van der Waals surface area contributed by atoms with E-state index in [1.165, 1.54) is 0 Å². The molecule has 2 aliphatic rings. The van der Waals surface area contributed by atoms with Crippen molar-refractivity contribution >= 4 is 23.2 Å². The first-order valence-corrected chi connectivity index (χ1v) is 8.81. The van der Waals surface area contributed by atoms with Crippen LogP contribution >= 0.6 is 11.3 Å². The lowest BCUT2D eigenvalue weighted by Gasteiger charge is -2.23. The van der Waals surface area contributed by atoms with Gasteiger partial charge < -0.3 is 10.0 Å². The third-order valence-corrected chi connectivity index (χ3v) is 5.96. The van der Waals surface area contributed by atoms with Crippen LogP contribution in [0.25, 0.3) is 0 Å². The number of fused-ring (bicyclic) bond motifs is 1. The first-order chi connectivity index (χ1) is 10.5. The van der Waals surface area contributed by atoms with Crippen LogP contribution in [0.1, 0.15) is 42.8 Å². The second-order valence-corrected chi connectivity index (χ2v) is 7.60. The normalized spacial score (nSPS) is 27.1. The van der Waals surface area contributed by atoms with Gasteiger partial charge in [0.25, 0.3) is 0 Å². The van der Waals surface area contributed by atoms with E-state index in [1.54, 1.807) is 16.2 Å². The van der Waals surface area contributed by atoms with E-state index in [0.717, 1.165) is 42.8 Å². The largest absolute Gasteiger partial charge is 0.481 e. The number of nitrogens with zero attached hydrogens (tertiary/aromatic N) is 2. The lowest BCUT2D eigenvalue weighted by molar-refractivity contribution is -0.149. The van der Waals surface area contributed by atoms with E-state index in [-0.39, 0.29) is 11.8 Å². The highest BCUT2D eigenvalue weighted by atomic mass is 32.1. The van der Waals surface area contributed by atoms with Crippen LogP contribution in [0.15, 0.2) is 5.38 Å². The van der Waals surface area contributed by atoms with Crippen LogP contribution in [0, 0.1) is 18.3 Å². The zero-order chi connectivity index (χ0) is 15.7. The fourth-order valence-electron chi connectivity index (χ4n) is 3.93. The molecule has 1 amide bonds. The molecule has 0 radical (unpaired) electrons. The van der Waals surface area contributed by atoms with Crippen LogP contribution in [0.5, 0.6) is 0 Å². The van der Waals surface area contributed by atoms with Gasteiger partial charge in [-0.1, -0.05) is 6.42 Å². The summed E-state index contributed by atoms with van der Waals surface area (Å²) in [5.41, 5.74) is 0.386. The van der Waals surface area contributed by atoms with Crippen molar-refractivity contribution in [2.45, 2.75) is 45.4 Å². The van der Waals surface area contributed by atoms with Crippen LogP contribution in [0.3, 0.4) is 0 Å². The highest BCUT2D eigenvalue weighted by molar-refractivity contribution is 7.09. The number of thiazole rings is 1. The molecule has 120 valence electrons. The Morgan fingerprint density at radius 1 is 1.55 bits per heavy atom. The number of rotatable bonds is 5. The van der Waals surface area contributed by atoms with Gasteiger partial charge in [0.2, 0.25) is 5.91 Å². The van der Waals surface area contributed by atoms with Crippen LogP contribution in [-0.2, 0) is 16.0 Å². The molecule has 1 N–H and O–H groups in total. The molecular formula is C16H22N2O3S. The standard InChI is InChI=1S/C16H22N2O3S/c1-11-17-13(9-22-11)5-2-6-14(19)18-8-12-4-3-7-16(12,10-18)15(20)21/h9,12H,2-8,10H2,1H3,(H,20,21)/t12-,16+/m0/s1. The number of carboxylic acids is 1. The van der Waals surface area contributed by atoms with Crippen molar-refractivity contribution in [3.63, 3.8) is 0 Å². The molecule has 1 aromatic heterocycles. The minimum atomic E-state index is -0.719. The highest BCUT2D eigenvalue weighted by Crippen LogP contribution is 2.48. The second-order valence-electron chi connectivity index (χ2n) is 6.54. The number of hydrogen-bond donors (Lipinski definition) is 1. The van der Waals surface area contributed by atoms with Gasteiger partial charge in [0.15, 0.2) is 0 Å². The summed E-state index contributed by atoms with van der Waals surface area (Å²) in [6, 6.07) is 0. The van der Waals surface area contributed by atoms with Gasteiger partial charge in [-0.3, -0.25) is 9.59 Å². The molecule has 1 aliphatic carbocycles. The molecule has 2 fully saturated rings. The van der Waals surface area contributed by atoms with Gasteiger partial charge in [-0.25, -0.2) is 4.98 Å². The molecule has 1 saturated carbocycles. The third-order valence-electron chi connectivity index (χ3n) is 5.14. The molecule has 1 aliphatic heterocycles. The summed E-state index contributed by atoms with van der Waals surface area (Å²) < 4.78 is 0. The molecule has 6 heteroatoms. The molecule has 0 unspecified atom stereocenters. The number of aliphatic carboxylic acids is 1. The molecule has 3 rings (SSSR count). The Balaban J connectivity index is 1.52. The number of amides is 1. The van der Waals surface area contributed by atoms with E-state index in [1.807, 2.05) is 12.3 Å². The number of hydrogen-bond acceptors (Lipinski definition) is 4. The zero-order valence-corrected chi connectivity index (χ0v) is 13.7. The lowest BCUT2D eigenvalue weighted by atomic mass is 9.81. The van der Waals surface area contributed by atoms with E-state index in [0.29, 0.717) is 19.5 Å². The van der Waals surface area contributed by atoms with Gasteiger partial charge in [0.05, 0.1) is 16.1 Å². The van der Waals surface area contributed by atoms with E-state index >= 15 is 0 Å². The molecule has 0 spiro atoms. The maximum atomic E-state index is 12.4. The van der Waals surface area contributed by atoms with E-state index in [4.69, 9.17) is 0 Å². The van der Waals surface area contributed by atoms with Crippen molar-refractivity contribution in [3.05, 3.63) is 16.1 Å². The van der Waals surface area contributed by atoms with Gasteiger partial charge in [-0.2, -0.15) is 0 Å². The molecule has 5 nitrogen and oxygen atoms in total. The molecule has 0 aromatic carbocycles. The number of aromatic nitrogens is 1. The quantitative estimate of drug-likeness (QED) is 0.904. The van der Waals surface area contributed by atoms with Gasteiger partial charge in [-0.15, -0.1) is 11.3 Å². The molecular weight excluding hydrogens is 300 g/mol. The van der Waals surface area contributed by atoms with Gasteiger partial charge >= 0.3 is 5.97 Å². The zero-order valence-electron chi connectivity index (χ0n) is 12.9. The van der Waals surface area contributed by atoms with Crippen LogP contribution in [0.2, 0.25) is 0 Å². The van der Waals surface area contributed by atoms with Crippen molar-refractivity contribution in [1.29, 1.82) is 0 Å². The predicted octanol–water partition coefficient (Wildman–Crippen LogP) is 2.49. The summed E-state index contributed by atoms with van der Waals surface area (Å²) in [4.78, 5) is 30.2. The molecule has 2 atom stereocenters. The Labute approximate surface area is 134 Å². The number of carbonyl (C=O) groups is 2. The summed E-state index contributed by atoms with van der Waals surface area (Å²) in [5, 5.41) is 12.6. The monoisotopic (exact) mass is 322 g/mol. The predicted molar refractivity (Wildman–Crippen MR) is 83.8 cm³/mol. The van der Waals surface area contributed by atoms with E-state index < -0.39 is 11.4 Å². The number of carboxylic acid groups (broad SMARTS) is 1. The smallest absolute Gasteiger partial charge is 0.311 e. The van der Waals surface area contributed by atoms with Gasteiger partial charge in [0, 0.05) is 24.9 Å². The molecule has 0 bridgehead atoms. The van der Waals surface area contributed by atoms with Crippen molar-refractivity contribution in [3.8, 4) is 0 Å². The number of likely N-dealkylation sites (tertiary alicyclic amines) is 1. The first-order valence-electron chi connectivity index (χ1n) is 7.93. The number of carbonyl (C=O) groups excluding carboxylic acids is 1. The van der Waals surface area contributed by atoms with Crippen molar-refractivity contribution < 1.29 is 14.7 Å². The molecule has 1 aromatic rings. The van der Waals surface area contributed by atoms with Crippen molar-refractivity contribution in [1.82, 2.24) is 9.88 Å². The van der Waals surface area contributed by atoms with Crippen molar-refractivity contribution in [2.24, 2.45) is 11.3 Å². The summed E-state index contributed by atoms with van der Waals surface area (Å²) >= 11 is 1.63. The topological polar surface area (TPSA) is 70.5 Å². The summed E-state index contributed by atoms with van der Waals surface area (Å²) in [7, 11) is 0. The lowest BCUT2D eigenvalue weighted by Crippen LogP contribution is -2.37. The Bertz CT molecular complexity index is 586. The highest BCUT2D eigenvalue weighted by Gasteiger charge is 2.55. The fourth-order valence-corrected chi connectivity index (χ4v) is 4.58. The molecule has 22 heavy (non-hydrogen) atoms. The maximum Gasteiger partial charge on any atom is 0.311 e. The fraction of sp³-hybridized carbons (Fsp3) is 0.688. The Hall–Kier alpha value is -1.43. The number of aryl methyl sites for hydroxylation is 2. The molecule has 2 heterocycles. The van der Waals surface area contributed by atoms with Crippen LogP contribution < -0.4 is 0 Å². The minimum Gasteiger partial charge on any atom is -0.481 e. The summed E-state index contributed by atoms with van der Waals surface area (Å²) in [6.07, 6.45) is 4.71. The maximum absolute atomic E-state index is 12.4. The SMILES string of the molecule is Cc1nc(CCCC(=O)N2C[C@@H]3CCC[C@@]3(C(=O)O)C2)cs1. The average Bonchev–Trinajstić information content (AvgIpc) is 3.12. The van der Waals surface area contributed by atoms with Gasteiger partial charge in [0.1, 0.15) is 0 Å². The van der Waals surface area contributed by atoms with E-state index in [2.05, 4.69) is 4.98 Å². The third kappa shape index (κ3) is 2.76. The average molecular weight is 322 g/mol. The second kappa shape index (κ2) is 5.99. The van der Waals surface area contributed by atoms with Gasteiger partial charge in [-0.05, 0) is 38.5 Å². The Morgan fingerprint density at radius 2 is 2.36 bits per heavy atom. The van der Waals surface area contributed by atoms with Crippen LogP contribution in [0.4, 0.5) is 0 Å². The Kier molecular flexibility index (Phi) is 4.21. The van der Waals surface area contributed by atoms with E-state index in [9.17, 15) is 14.7 Å². The first kappa shape index (κ1) is 15.5. The molecule has 1 saturated heterocycles. The van der Waals surface area contributed by atoms with Crippen LogP contribution in [-0.4, -0.2) is 40.0 Å².